The van der Waals surface area contributed by atoms with Crippen molar-refractivity contribution in [1.29, 1.82) is 0 Å². The minimum Gasteiger partial charge on any atom is -0.494 e. The standard InChI is InChI=1S/C19H30N2O5S/c1-3-26-17-9-11-18(12-10-17)27(23,24)21(16-7-5-4-6-8-16)15-19(22)20-13-14-25-2/h9-12,16H,3-8,13-15H2,1-2H3,(H,20,22). The summed E-state index contributed by atoms with van der Waals surface area (Å²) >= 11 is 0. The average Bonchev–Trinajstić information content (AvgIpc) is 2.67. The zero-order valence-electron chi connectivity index (χ0n) is 16.1. The van der Waals surface area contributed by atoms with Crippen molar-refractivity contribution in [2.45, 2.75) is 50.0 Å². The molecule has 1 aromatic rings. The van der Waals surface area contributed by atoms with Crippen LogP contribution in [0.1, 0.15) is 39.0 Å². The molecule has 1 aromatic carbocycles. The number of carbonyl (C=O) groups excluding carboxylic acids is 1. The minimum atomic E-state index is -3.77. The lowest BCUT2D eigenvalue weighted by atomic mass is 9.95. The first-order valence-electron chi connectivity index (χ1n) is 9.49. The van der Waals surface area contributed by atoms with Crippen LogP contribution in [0.3, 0.4) is 0 Å². The highest BCUT2D eigenvalue weighted by Gasteiger charge is 2.33. The third-order valence-corrected chi connectivity index (χ3v) is 6.56. The van der Waals surface area contributed by atoms with E-state index in [1.54, 1.807) is 31.4 Å². The number of sulfonamides is 1. The van der Waals surface area contributed by atoms with Gasteiger partial charge >= 0.3 is 0 Å². The fraction of sp³-hybridized carbons (Fsp3) is 0.632. The zero-order chi connectivity index (χ0) is 19.7. The highest BCUT2D eigenvalue weighted by Crippen LogP contribution is 2.28. The van der Waals surface area contributed by atoms with E-state index < -0.39 is 10.0 Å². The van der Waals surface area contributed by atoms with Crippen molar-refractivity contribution < 1.29 is 22.7 Å². The Kier molecular flexibility index (Phi) is 8.53. The number of nitrogens with zero attached hydrogens (tertiary/aromatic N) is 1. The van der Waals surface area contributed by atoms with Crippen molar-refractivity contribution in [3.63, 3.8) is 0 Å². The van der Waals surface area contributed by atoms with Crippen molar-refractivity contribution >= 4 is 15.9 Å². The molecule has 1 aliphatic carbocycles. The highest BCUT2D eigenvalue weighted by atomic mass is 32.2. The highest BCUT2D eigenvalue weighted by molar-refractivity contribution is 7.89. The fourth-order valence-corrected chi connectivity index (χ4v) is 4.92. The maximum absolute atomic E-state index is 13.2. The molecular formula is C19H30N2O5S. The molecule has 27 heavy (non-hydrogen) atoms. The van der Waals surface area contributed by atoms with Gasteiger partial charge in [0.25, 0.3) is 0 Å². The molecule has 2 rings (SSSR count). The van der Waals surface area contributed by atoms with Crippen LogP contribution in [0, 0.1) is 0 Å². The van der Waals surface area contributed by atoms with Crippen LogP contribution in [0.25, 0.3) is 0 Å². The van der Waals surface area contributed by atoms with E-state index in [-0.39, 0.29) is 23.4 Å². The Hall–Kier alpha value is -1.64. The summed E-state index contributed by atoms with van der Waals surface area (Å²) in [5.41, 5.74) is 0. The number of carbonyl (C=O) groups is 1. The molecule has 1 saturated carbocycles. The first-order chi connectivity index (χ1) is 13.0. The molecule has 1 N–H and O–H groups in total. The molecule has 0 bridgehead atoms. The molecule has 0 atom stereocenters. The van der Waals surface area contributed by atoms with Crippen molar-refractivity contribution in [3.05, 3.63) is 24.3 Å². The van der Waals surface area contributed by atoms with Crippen LogP contribution >= 0.6 is 0 Å². The van der Waals surface area contributed by atoms with Crippen LogP contribution in [0.2, 0.25) is 0 Å². The van der Waals surface area contributed by atoms with Crippen LogP contribution in [-0.2, 0) is 19.6 Å². The third-order valence-electron chi connectivity index (χ3n) is 4.65. The van der Waals surface area contributed by atoms with Gasteiger partial charge in [0.1, 0.15) is 5.75 Å². The van der Waals surface area contributed by atoms with Crippen LogP contribution in [0.5, 0.6) is 5.75 Å². The second-order valence-electron chi connectivity index (χ2n) is 6.59. The normalized spacial score (nSPS) is 15.7. The molecule has 0 aromatic heterocycles. The van der Waals surface area contributed by atoms with Gasteiger partial charge in [-0.25, -0.2) is 8.42 Å². The molecule has 0 unspecified atom stereocenters. The van der Waals surface area contributed by atoms with Gasteiger partial charge in [-0.3, -0.25) is 4.79 Å². The number of nitrogens with one attached hydrogen (secondary N) is 1. The van der Waals surface area contributed by atoms with Gasteiger partial charge in [-0.2, -0.15) is 4.31 Å². The Morgan fingerprint density at radius 1 is 1.19 bits per heavy atom. The number of hydrogen-bond acceptors (Lipinski definition) is 5. The molecule has 0 saturated heterocycles. The number of rotatable bonds is 10. The third kappa shape index (κ3) is 6.19. The van der Waals surface area contributed by atoms with E-state index in [1.165, 1.54) is 4.31 Å². The molecule has 0 aliphatic heterocycles. The van der Waals surface area contributed by atoms with E-state index in [0.717, 1.165) is 32.1 Å². The molecule has 7 nitrogen and oxygen atoms in total. The molecule has 0 spiro atoms. The second-order valence-corrected chi connectivity index (χ2v) is 8.48. The number of benzene rings is 1. The van der Waals surface area contributed by atoms with Crippen molar-refractivity contribution in [2.75, 3.05) is 33.4 Å². The number of methoxy groups -OCH3 is 1. The maximum atomic E-state index is 13.2. The molecule has 1 aliphatic rings. The smallest absolute Gasteiger partial charge is 0.243 e. The van der Waals surface area contributed by atoms with E-state index in [0.29, 0.717) is 25.5 Å². The van der Waals surface area contributed by atoms with E-state index in [9.17, 15) is 13.2 Å². The molecule has 1 fully saturated rings. The SMILES string of the molecule is CCOc1ccc(S(=O)(=O)N(CC(=O)NCCOC)C2CCCCC2)cc1. The maximum Gasteiger partial charge on any atom is 0.243 e. The Labute approximate surface area is 162 Å². The van der Waals surface area contributed by atoms with Gasteiger partial charge in [-0.05, 0) is 44.0 Å². The van der Waals surface area contributed by atoms with Crippen LogP contribution in [0.4, 0.5) is 0 Å². The fourth-order valence-electron chi connectivity index (χ4n) is 3.28. The lowest BCUT2D eigenvalue weighted by molar-refractivity contribution is -0.121. The van der Waals surface area contributed by atoms with Crippen LogP contribution < -0.4 is 10.1 Å². The molecule has 0 heterocycles. The van der Waals surface area contributed by atoms with Gasteiger partial charge in [-0.1, -0.05) is 19.3 Å². The van der Waals surface area contributed by atoms with E-state index in [2.05, 4.69) is 5.32 Å². The summed E-state index contributed by atoms with van der Waals surface area (Å²) in [6.07, 6.45) is 4.62. The summed E-state index contributed by atoms with van der Waals surface area (Å²) in [4.78, 5) is 12.5. The van der Waals surface area contributed by atoms with Crippen LogP contribution in [-0.4, -0.2) is 58.1 Å². The largest absolute Gasteiger partial charge is 0.494 e. The van der Waals surface area contributed by atoms with Crippen LogP contribution in [0.15, 0.2) is 29.2 Å². The van der Waals surface area contributed by atoms with Gasteiger partial charge in [0.15, 0.2) is 0 Å². The topological polar surface area (TPSA) is 84.9 Å². The van der Waals surface area contributed by atoms with Crippen molar-refractivity contribution in [2.24, 2.45) is 0 Å². The predicted octanol–water partition coefficient (Wildman–Crippen LogP) is 2.17. The Balaban J connectivity index is 2.20. The van der Waals surface area contributed by atoms with Gasteiger partial charge in [0, 0.05) is 19.7 Å². The molecule has 8 heteroatoms. The summed E-state index contributed by atoms with van der Waals surface area (Å²) in [5.74, 6) is 0.310. The van der Waals surface area contributed by atoms with E-state index in [1.807, 2.05) is 6.92 Å². The lowest BCUT2D eigenvalue weighted by Crippen LogP contribution is -2.47. The van der Waals surface area contributed by atoms with Gasteiger partial charge in [0.05, 0.1) is 24.7 Å². The second kappa shape index (κ2) is 10.6. The summed E-state index contributed by atoms with van der Waals surface area (Å²) in [6, 6.07) is 6.23. The number of amides is 1. The average molecular weight is 399 g/mol. The summed E-state index contributed by atoms with van der Waals surface area (Å²) in [6.45, 7) is 2.96. The number of ether oxygens (including phenoxy) is 2. The molecular weight excluding hydrogens is 368 g/mol. The molecule has 1 amide bonds. The van der Waals surface area contributed by atoms with Gasteiger partial charge in [0.2, 0.25) is 15.9 Å². The minimum absolute atomic E-state index is 0.150. The van der Waals surface area contributed by atoms with E-state index in [4.69, 9.17) is 9.47 Å². The Morgan fingerprint density at radius 3 is 2.44 bits per heavy atom. The van der Waals surface area contributed by atoms with Crippen molar-refractivity contribution in [3.8, 4) is 5.75 Å². The van der Waals surface area contributed by atoms with E-state index >= 15 is 0 Å². The number of hydrogen-bond donors (Lipinski definition) is 1. The monoisotopic (exact) mass is 398 g/mol. The lowest BCUT2D eigenvalue weighted by Gasteiger charge is -2.33. The first-order valence-corrected chi connectivity index (χ1v) is 10.9. The molecule has 152 valence electrons. The van der Waals surface area contributed by atoms with Gasteiger partial charge in [-0.15, -0.1) is 0 Å². The molecule has 0 radical (unpaired) electrons. The first kappa shape index (κ1) is 21.7. The zero-order valence-corrected chi connectivity index (χ0v) is 17.0. The summed E-state index contributed by atoms with van der Waals surface area (Å²) in [5, 5.41) is 2.71. The van der Waals surface area contributed by atoms with Gasteiger partial charge < -0.3 is 14.8 Å². The van der Waals surface area contributed by atoms with Crippen molar-refractivity contribution in [1.82, 2.24) is 9.62 Å². The summed E-state index contributed by atoms with van der Waals surface area (Å²) in [7, 11) is -2.22. The summed E-state index contributed by atoms with van der Waals surface area (Å²) < 4.78 is 38.2. The Bertz CT molecular complexity index is 685. The predicted molar refractivity (Wildman–Crippen MR) is 103 cm³/mol. The Morgan fingerprint density at radius 2 is 1.85 bits per heavy atom. The quantitative estimate of drug-likeness (QED) is 0.611.